The lowest BCUT2D eigenvalue weighted by atomic mass is 9.77. The number of aryl methyl sites for hydroxylation is 1. The Hall–Kier alpha value is -6.15. The van der Waals surface area contributed by atoms with Gasteiger partial charge < -0.3 is 4.57 Å². The first kappa shape index (κ1) is 29.3. The smallest absolute Gasteiger partial charge is 0.184 e. The minimum Gasteiger partial charge on any atom is -0.307 e. The molecule has 0 aliphatic carbocycles. The molecule has 0 fully saturated rings. The molecule has 0 N–H and O–H groups in total. The van der Waals surface area contributed by atoms with Crippen LogP contribution in [0.4, 0.5) is 0 Å². The van der Waals surface area contributed by atoms with E-state index in [4.69, 9.17) is 15.4 Å². The van der Waals surface area contributed by atoms with Crippen LogP contribution in [0.15, 0.2) is 152 Å². The molecule has 0 radical (unpaired) electrons. The van der Waals surface area contributed by atoms with Gasteiger partial charge in [-0.25, -0.2) is 4.68 Å². The molecule has 0 bridgehead atoms. The van der Waals surface area contributed by atoms with Gasteiger partial charge in [-0.1, -0.05) is 146 Å². The van der Waals surface area contributed by atoms with Crippen molar-refractivity contribution >= 4 is 5.65 Å². The van der Waals surface area contributed by atoms with Gasteiger partial charge in [-0.3, -0.25) is 0 Å². The molecule has 48 heavy (non-hydrogen) atoms. The molecule has 5 aromatic carbocycles. The van der Waals surface area contributed by atoms with E-state index in [0.29, 0.717) is 5.82 Å². The molecular formula is C40H34N8. The topological polar surface area (TPSA) is 78.7 Å². The second kappa shape index (κ2) is 12.6. The highest BCUT2D eigenvalue weighted by atomic mass is 15.6. The first-order valence-corrected chi connectivity index (χ1v) is 16.3. The molecule has 0 unspecified atom stereocenters. The van der Waals surface area contributed by atoms with Crippen molar-refractivity contribution in [1.82, 2.24) is 39.6 Å². The number of hydrogen-bond donors (Lipinski definition) is 0. The lowest BCUT2D eigenvalue weighted by Crippen LogP contribution is -2.39. The van der Waals surface area contributed by atoms with Crippen molar-refractivity contribution in [3.05, 3.63) is 180 Å². The van der Waals surface area contributed by atoms with Crippen molar-refractivity contribution in [2.75, 3.05) is 0 Å². The van der Waals surface area contributed by atoms with E-state index in [1.54, 1.807) is 10.8 Å². The van der Waals surface area contributed by atoms with Crippen molar-refractivity contribution in [1.29, 1.82) is 0 Å². The van der Waals surface area contributed by atoms with E-state index in [0.717, 1.165) is 64.2 Å². The SMILES string of the molecule is CCCc1nn2nccc2n1Cc1ccc(-c2ccccc2-c2nnnn2C(c2ccccc2)(c2ccccc2)c2ccccc2)cc1. The number of nitrogens with zero attached hydrogens (tertiary/aromatic N) is 8. The summed E-state index contributed by atoms with van der Waals surface area (Å²) < 4.78 is 5.97. The molecule has 234 valence electrons. The Bertz CT molecular complexity index is 2170. The van der Waals surface area contributed by atoms with Crippen LogP contribution in [0.2, 0.25) is 0 Å². The van der Waals surface area contributed by atoms with Gasteiger partial charge in [0, 0.05) is 18.1 Å². The number of fused-ring (bicyclic) bond motifs is 1. The van der Waals surface area contributed by atoms with E-state index >= 15 is 0 Å². The second-order valence-corrected chi connectivity index (χ2v) is 11.9. The van der Waals surface area contributed by atoms with Crippen LogP contribution >= 0.6 is 0 Å². The van der Waals surface area contributed by atoms with E-state index in [1.807, 2.05) is 35.0 Å². The maximum absolute atomic E-state index is 4.77. The summed E-state index contributed by atoms with van der Waals surface area (Å²) in [5.74, 6) is 1.72. The van der Waals surface area contributed by atoms with Gasteiger partial charge >= 0.3 is 0 Å². The molecule has 0 saturated carbocycles. The predicted octanol–water partition coefficient (Wildman–Crippen LogP) is 7.69. The molecule has 3 heterocycles. The highest BCUT2D eigenvalue weighted by Gasteiger charge is 2.42. The highest BCUT2D eigenvalue weighted by molar-refractivity contribution is 5.81. The van der Waals surface area contributed by atoms with Crippen molar-refractivity contribution in [3.63, 3.8) is 0 Å². The zero-order chi connectivity index (χ0) is 32.3. The zero-order valence-corrected chi connectivity index (χ0v) is 26.6. The summed E-state index contributed by atoms with van der Waals surface area (Å²) in [4.78, 5) is 0. The molecule has 0 atom stereocenters. The molecule has 3 aromatic heterocycles. The van der Waals surface area contributed by atoms with Gasteiger partial charge in [0.15, 0.2) is 11.5 Å². The molecule has 8 nitrogen and oxygen atoms in total. The third kappa shape index (κ3) is 4.98. The quantitative estimate of drug-likeness (QED) is 0.146. The van der Waals surface area contributed by atoms with Crippen LogP contribution < -0.4 is 0 Å². The van der Waals surface area contributed by atoms with Crippen molar-refractivity contribution in [2.24, 2.45) is 0 Å². The van der Waals surface area contributed by atoms with Crippen LogP contribution in [-0.2, 0) is 18.5 Å². The average Bonchev–Trinajstić information content (AvgIpc) is 3.90. The Labute approximate surface area is 278 Å². The van der Waals surface area contributed by atoms with Crippen molar-refractivity contribution in [3.8, 4) is 22.5 Å². The molecule has 0 aliphatic heterocycles. The molecule has 0 aliphatic rings. The van der Waals surface area contributed by atoms with Crippen LogP contribution in [0.25, 0.3) is 28.2 Å². The van der Waals surface area contributed by atoms with Crippen LogP contribution in [0.3, 0.4) is 0 Å². The maximum atomic E-state index is 4.77. The molecule has 8 rings (SSSR count). The van der Waals surface area contributed by atoms with Crippen LogP contribution in [0.5, 0.6) is 0 Å². The van der Waals surface area contributed by atoms with Crippen LogP contribution in [-0.4, -0.2) is 39.6 Å². The third-order valence-electron chi connectivity index (χ3n) is 9.01. The largest absolute Gasteiger partial charge is 0.307 e. The normalized spacial score (nSPS) is 11.7. The van der Waals surface area contributed by atoms with Crippen LogP contribution in [0.1, 0.15) is 41.4 Å². The standard InChI is InChI=1S/C40H34N8/c1-2-14-37-43-48-38(27-28-41-48)46(37)29-30-23-25-31(26-24-30)35-21-12-13-22-36(35)39-42-44-45-47(39)40(32-15-6-3-7-16-32,33-17-8-4-9-18-33)34-19-10-5-11-20-34/h3-13,15-28H,2,14,29H2,1H3. The first-order valence-electron chi connectivity index (χ1n) is 16.3. The minimum atomic E-state index is -0.834. The van der Waals surface area contributed by atoms with E-state index in [-0.39, 0.29) is 0 Å². The zero-order valence-electron chi connectivity index (χ0n) is 26.6. The summed E-state index contributed by atoms with van der Waals surface area (Å²) in [5, 5.41) is 22.9. The van der Waals surface area contributed by atoms with Crippen molar-refractivity contribution < 1.29 is 0 Å². The number of hydrogen-bond acceptors (Lipinski definition) is 5. The van der Waals surface area contributed by atoms with Gasteiger partial charge in [0.2, 0.25) is 0 Å². The molecule has 0 saturated heterocycles. The Morgan fingerprint density at radius 2 is 1.21 bits per heavy atom. The number of aromatic nitrogens is 8. The summed E-state index contributed by atoms with van der Waals surface area (Å²) in [5.41, 5.74) is 7.63. The fraction of sp³-hybridized carbons (Fsp3) is 0.125. The molecule has 0 amide bonds. The molecular weight excluding hydrogens is 592 g/mol. The molecule has 8 aromatic rings. The number of benzene rings is 5. The van der Waals surface area contributed by atoms with Gasteiger partial charge in [-0.05, 0) is 50.2 Å². The van der Waals surface area contributed by atoms with E-state index in [2.05, 4.69) is 137 Å². The maximum Gasteiger partial charge on any atom is 0.184 e. The Balaban J connectivity index is 1.25. The molecule has 0 spiro atoms. The Morgan fingerprint density at radius 3 is 1.81 bits per heavy atom. The summed E-state index contributed by atoms with van der Waals surface area (Å²) in [6.07, 6.45) is 3.72. The fourth-order valence-electron chi connectivity index (χ4n) is 6.83. The van der Waals surface area contributed by atoms with Gasteiger partial charge in [-0.15, -0.1) is 14.8 Å². The van der Waals surface area contributed by atoms with Gasteiger partial charge in [-0.2, -0.15) is 5.10 Å². The Morgan fingerprint density at radius 1 is 0.625 bits per heavy atom. The third-order valence-corrected chi connectivity index (χ3v) is 9.01. The summed E-state index contributed by atoms with van der Waals surface area (Å²) in [6.45, 7) is 2.90. The molecule has 8 heteroatoms. The van der Waals surface area contributed by atoms with Gasteiger partial charge in [0.25, 0.3) is 0 Å². The minimum absolute atomic E-state index is 0.678. The van der Waals surface area contributed by atoms with Gasteiger partial charge in [0.1, 0.15) is 11.4 Å². The average molecular weight is 627 g/mol. The summed E-state index contributed by atoms with van der Waals surface area (Å²) >= 11 is 0. The van der Waals surface area contributed by atoms with Crippen LogP contribution in [0, 0.1) is 0 Å². The highest BCUT2D eigenvalue weighted by Crippen LogP contribution is 2.43. The number of rotatable bonds is 10. The lowest BCUT2D eigenvalue weighted by molar-refractivity contribution is 0.451. The van der Waals surface area contributed by atoms with Crippen molar-refractivity contribution in [2.45, 2.75) is 31.8 Å². The second-order valence-electron chi connectivity index (χ2n) is 11.9. The monoisotopic (exact) mass is 626 g/mol. The summed E-state index contributed by atoms with van der Waals surface area (Å²) in [7, 11) is 0. The van der Waals surface area contributed by atoms with Gasteiger partial charge in [0.05, 0.1) is 12.7 Å². The van der Waals surface area contributed by atoms with E-state index in [9.17, 15) is 0 Å². The Kier molecular flexibility index (Phi) is 7.66. The predicted molar refractivity (Wildman–Crippen MR) is 187 cm³/mol. The summed E-state index contributed by atoms with van der Waals surface area (Å²) in [6, 6.07) is 50.6. The first-order chi connectivity index (χ1) is 23.8. The van der Waals surface area contributed by atoms with E-state index in [1.165, 1.54) is 5.56 Å². The fourth-order valence-corrected chi connectivity index (χ4v) is 6.83. The number of tetrazole rings is 1. The van der Waals surface area contributed by atoms with E-state index < -0.39 is 5.54 Å². The lowest BCUT2D eigenvalue weighted by Gasteiger charge is -2.36.